The van der Waals surface area contributed by atoms with Crippen molar-refractivity contribution in [3.8, 4) is 11.5 Å². The van der Waals surface area contributed by atoms with Crippen LogP contribution in [-0.2, 0) is 9.59 Å². The van der Waals surface area contributed by atoms with E-state index >= 15 is 0 Å². The first-order valence-corrected chi connectivity index (χ1v) is 17.1. The molecule has 0 unspecified atom stereocenters. The fraction of sp³-hybridized carbons (Fsp3) is 0. The van der Waals surface area contributed by atoms with E-state index in [0.717, 1.165) is 11.1 Å². The van der Waals surface area contributed by atoms with E-state index in [1.807, 2.05) is 54.6 Å². The number of hydrogen-bond acceptors (Lipinski definition) is 6. The summed E-state index contributed by atoms with van der Waals surface area (Å²) in [6, 6.07) is 28.8. The van der Waals surface area contributed by atoms with Crippen LogP contribution in [0.15, 0.2) is 156 Å². The van der Waals surface area contributed by atoms with Gasteiger partial charge in [0.15, 0.2) is 11.6 Å². The van der Waals surface area contributed by atoms with Crippen LogP contribution in [0.3, 0.4) is 0 Å². The molecule has 10 nitrogen and oxygen atoms in total. The molecule has 2 aliphatic carbocycles. The predicted molar refractivity (Wildman–Crippen MR) is 204 cm³/mol. The van der Waals surface area contributed by atoms with Gasteiger partial charge in [0.25, 0.3) is 0 Å². The zero-order valence-electron chi connectivity index (χ0n) is 28.3. The lowest BCUT2D eigenvalue weighted by molar-refractivity contribution is -0.112. The average molecular weight is 711 g/mol. The van der Waals surface area contributed by atoms with Crippen LogP contribution < -0.4 is 10.7 Å². The smallest absolute Gasteiger partial charge is 0.190 e. The molecule has 10 heteroatoms. The van der Waals surface area contributed by atoms with Crippen molar-refractivity contribution in [1.29, 1.82) is 0 Å². The Bertz CT molecular complexity index is 2880. The molecule has 5 heterocycles. The molecule has 0 fully saturated rings. The second kappa shape index (κ2) is 12.5. The van der Waals surface area contributed by atoms with Gasteiger partial charge in [-0.2, -0.15) is 0 Å². The number of fused-ring (bicyclic) bond motifs is 8. The SMILES string of the molecule is O=C1C=CC=C(O)/C1=C1/c2ccc([nH]2)/C(c2c(O)cccc2O)=c2/cc/c([nH]2)=C(\c2ccccc2)c2ccc([nH]2)/C(=C2/C(=O)C=CC=C2O)c2ccc1[nH]2. The Balaban J connectivity index is 1.45. The third-order valence-electron chi connectivity index (χ3n) is 9.74. The number of allylic oxidation sites excluding steroid dienone is 8. The van der Waals surface area contributed by atoms with Crippen LogP contribution in [0.25, 0.3) is 22.3 Å². The summed E-state index contributed by atoms with van der Waals surface area (Å²) in [5, 5.41) is 46.0. The van der Waals surface area contributed by atoms with Crippen molar-refractivity contribution in [2.24, 2.45) is 0 Å². The van der Waals surface area contributed by atoms with Gasteiger partial charge >= 0.3 is 0 Å². The molecule has 0 amide bonds. The minimum atomic E-state index is -0.437. The number of aliphatic hydroxyl groups is 2. The maximum Gasteiger partial charge on any atom is 0.190 e. The number of benzene rings is 2. The van der Waals surface area contributed by atoms with Crippen LogP contribution in [0.5, 0.6) is 11.5 Å². The highest BCUT2D eigenvalue weighted by molar-refractivity contribution is 6.16. The quantitative estimate of drug-likeness (QED) is 0.102. The van der Waals surface area contributed by atoms with Crippen molar-refractivity contribution in [3.63, 3.8) is 0 Å². The normalized spacial score (nSPS) is 20.3. The van der Waals surface area contributed by atoms with Crippen LogP contribution in [0.2, 0.25) is 0 Å². The van der Waals surface area contributed by atoms with Crippen molar-refractivity contribution < 1.29 is 30.0 Å². The number of nitrogens with one attached hydrogen (secondary N) is 4. The number of phenols is 2. The molecule has 9 rings (SSSR count). The summed E-state index contributed by atoms with van der Waals surface area (Å²) < 4.78 is 0. The van der Waals surface area contributed by atoms with E-state index < -0.39 is 11.6 Å². The molecule has 2 aromatic carbocycles. The first kappa shape index (κ1) is 32.2. The number of ketones is 2. The second-order valence-electron chi connectivity index (χ2n) is 13.0. The fourth-order valence-electron chi connectivity index (χ4n) is 7.38. The lowest BCUT2D eigenvalue weighted by atomic mass is 9.94. The Kier molecular flexibility index (Phi) is 7.45. The van der Waals surface area contributed by atoms with Gasteiger partial charge in [-0.1, -0.05) is 48.6 Å². The van der Waals surface area contributed by atoms with Crippen LogP contribution in [-0.4, -0.2) is 51.9 Å². The lowest BCUT2D eigenvalue weighted by Crippen LogP contribution is -2.18. The number of hydrogen-bond donors (Lipinski definition) is 8. The topological polar surface area (TPSA) is 178 Å². The summed E-state index contributed by atoms with van der Waals surface area (Å²) in [6.45, 7) is 0. The van der Waals surface area contributed by atoms with Crippen molar-refractivity contribution in [1.82, 2.24) is 19.9 Å². The number of aliphatic hydroxyl groups excluding tert-OH is 2. The molecule has 54 heavy (non-hydrogen) atoms. The summed E-state index contributed by atoms with van der Waals surface area (Å²) in [7, 11) is 0. The largest absolute Gasteiger partial charge is 0.507 e. The van der Waals surface area contributed by atoms with Crippen LogP contribution in [0.1, 0.15) is 45.3 Å². The molecule has 0 atom stereocenters. The Hall–Kier alpha value is -7.72. The summed E-state index contributed by atoms with van der Waals surface area (Å²) in [6.07, 6.45) is 8.59. The Labute approximate surface area is 306 Å². The number of aromatic hydroxyl groups is 2. The van der Waals surface area contributed by atoms with Gasteiger partial charge in [0, 0.05) is 67.2 Å². The zero-order valence-corrected chi connectivity index (χ0v) is 28.3. The van der Waals surface area contributed by atoms with E-state index in [-0.39, 0.29) is 39.7 Å². The van der Waals surface area contributed by atoms with E-state index in [9.17, 15) is 30.0 Å². The Morgan fingerprint density at radius 1 is 0.389 bits per heavy atom. The first-order chi connectivity index (χ1) is 26.3. The Morgan fingerprint density at radius 2 is 0.815 bits per heavy atom. The van der Waals surface area contributed by atoms with Crippen LogP contribution >= 0.6 is 0 Å². The van der Waals surface area contributed by atoms with Crippen LogP contribution in [0, 0.1) is 0 Å². The highest BCUT2D eigenvalue weighted by Gasteiger charge is 2.29. The number of carbonyl (C=O) groups excluding carboxylic acids is 2. The van der Waals surface area contributed by atoms with E-state index in [2.05, 4.69) is 19.9 Å². The number of H-pyrrole nitrogens is 4. The average Bonchev–Trinajstić information content (AvgIpc) is 3.99. The number of aromatic nitrogens is 4. The van der Waals surface area contributed by atoms with Crippen LogP contribution in [0.4, 0.5) is 0 Å². The molecule has 3 aliphatic rings. The van der Waals surface area contributed by atoms with E-state index in [0.29, 0.717) is 61.6 Å². The number of rotatable bonds is 2. The molecule has 8 N–H and O–H groups in total. The minimum absolute atomic E-state index is 0.0208. The molecule has 4 aromatic heterocycles. The van der Waals surface area contributed by atoms with E-state index in [1.54, 1.807) is 30.3 Å². The highest BCUT2D eigenvalue weighted by Crippen LogP contribution is 2.39. The molecular formula is C44H30N4O6. The molecule has 262 valence electrons. The maximum absolute atomic E-state index is 13.5. The molecule has 1 aliphatic heterocycles. The molecule has 8 bridgehead atoms. The van der Waals surface area contributed by atoms with Gasteiger partial charge in [0.05, 0.1) is 16.7 Å². The lowest BCUT2D eigenvalue weighted by Gasteiger charge is -2.16. The monoisotopic (exact) mass is 710 g/mol. The highest BCUT2D eigenvalue weighted by atomic mass is 16.3. The van der Waals surface area contributed by atoms with Gasteiger partial charge in [0.1, 0.15) is 23.0 Å². The summed E-state index contributed by atoms with van der Waals surface area (Å²) in [5.41, 5.74) is 6.07. The third kappa shape index (κ3) is 5.20. The van der Waals surface area contributed by atoms with Gasteiger partial charge in [-0.3, -0.25) is 9.59 Å². The molecule has 0 spiro atoms. The molecule has 0 radical (unpaired) electrons. The summed E-state index contributed by atoms with van der Waals surface area (Å²) in [5.74, 6) is -1.60. The number of phenolic OH excluding ortho intramolecular Hbond substituents is 2. The molecule has 0 saturated carbocycles. The third-order valence-corrected chi connectivity index (χ3v) is 9.74. The summed E-state index contributed by atoms with van der Waals surface area (Å²) in [4.78, 5) is 40.9. The standard InChI is InChI=1S/C44H30N4O6/c49-32-9-4-10-33(50)42(32)39-26-17-15-24(45-26)38(23-7-2-1-3-8-23)25-16-18-27(46-25)40(43-34(51)11-5-12-35(43)52)29-20-22-31(48-29)41(30-21-19-28(39)47-30)44-36(53)13-6-14-37(44)54/h1-22,45-51,53H/b38-24-,39-26+,43-40-,44-41+. The second-order valence-corrected chi connectivity index (χ2v) is 13.0. The first-order valence-electron chi connectivity index (χ1n) is 17.1. The zero-order chi connectivity index (χ0) is 37.1. The van der Waals surface area contributed by atoms with E-state index in [4.69, 9.17) is 0 Å². The molecule has 6 aromatic rings. The van der Waals surface area contributed by atoms with Gasteiger partial charge in [-0.15, -0.1) is 0 Å². The Morgan fingerprint density at radius 3 is 1.28 bits per heavy atom. The fourth-order valence-corrected chi connectivity index (χ4v) is 7.38. The van der Waals surface area contributed by atoms with Gasteiger partial charge < -0.3 is 40.4 Å². The van der Waals surface area contributed by atoms with Gasteiger partial charge in [-0.25, -0.2) is 0 Å². The van der Waals surface area contributed by atoms with Gasteiger partial charge in [0.2, 0.25) is 0 Å². The minimum Gasteiger partial charge on any atom is -0.507 e. The summed E-state index contributed by atoms with van der Waals surface area (Å²) >= 11 is 0. The predicted octanol–water partition coefficient (Wildman–Crippen LogP) is 5.98. The van der Waals surface area contributed by atoms with Crippen molar-refractivity contribution >= 4 is 33.9 Å². The van der Waals surface area contributed by atoms with Crippen molar-refractivity contribution in [2.45, 2.75) is 0 Å². The van der Waals surface area contributed by atoms with Gasteiger partial charge in [-0.05, 0) is 90.5 Å². The number of carbonyl (C=O) groups is 2. The molecular weight excluding hydrogens is 681 g/mol. The number of aromatic amines is 4. The maximum atomic E-state index is 13.5. The van der Waals surface area contributed by atoms with Crippen molar-refractivity contribution in [3.05, 3.63) is 212 Å². The molecule has 0 saturated heterocycles. The van der Waals surface area contributed by atoms with E-state index in [1.165, 1.54) is 48.6 Å². The van der Waals surface area contributed by atoms with Crippen molar-refractivity contribution in [2.75, 3.05) is 0 Å².